The Kier molecular flexibility index (Phi) is 3.94. The van der Waals surface area contributed by atoms with Crippen molar-refractivity contribution in [1.29, 1.82) is 0 Å². The molecule has 1 aliphatic rings. The lowest BCUT2D eigenvalue weighted by Gasteiger charge is -2.25. The molecule has 0 unspecified atom stereocenters. The van der Waals surface area contributed by atoms with Crippen LogP contribution in [-0.2, 0) is 6.54 Å². The summed E-state index contributed by atoms with van der Waals surface area (Å²) in [5.74, 6) is 1.94. The van der Waals surface area contributed by atoms with Gasteiger partial charge in [-0.15, -0.1) is 11.3 Å². The number of fused-ring (bicyclic) bond motifs is 1. The van der Waals surface area contributed by atoms with Gasteiger partial charge in [-0.1, -0.05) is 6.42 Å². The van der Waals surface area contributed by atoms with Crippen molar-refractivity contribution < 1.29 is 0 Å². The van der Waals surface area contributed by atoms with Crippen LogP contribution in [-0.4, -0.2) is 34.5 Å². The number of nitrogens with zero attached hydrogens (tertiary/aromatic N) is 3. The smallest absolute Gasteiger partial charge is 0.146 e. The lowest BCUT2D eigenvalue weighted by Crippen LogP contribution is -2.30. The van der Waals surface area contributed by atoms with Crippen LogP contribution < -0.4 is 5.32 Å². The van der Waals surface area contributed by atoms with Gasteiger partial charge in [0, 0.05) is 6.54 Å². The second-order valence-electron chi connectivity index (χ2n) is 5.00. The van der Waals surface area contributed by atoms with E-state index in [0.717, 1.165) is 34.9 Å². The molecule has 2 aromatic heterocycles. The van der Waals surface area contributed by atoms with E-state index in [2.05, 4.69) is 28.6 Å². The number of thiophene rings is 1. The SMILES string of the molecule is CCNc1nc(CN2CCCCC2)nc2sccc12. The third-order valence-corrected chi connectivity index (χ3v) is 4.34. The standard InChI is InChI=1S/C14H20N4S/c1-2-15-13-11-6-9-19-14(11)17-12(16-13)10-18-7-4-3-5-8-18/h6,9H,2-5,7-8,10H2,1H3,(H,15,16,17). The van der Waals surface area contributed by atoms with E-state index in [1.807, 2.05) is 0 Å². The minimum atomic E-state index is 0.881. The zero-order chi connectivity index (χ0) is 13.1. The number of likely N-dealkylation sites (tertiary alicyclic amines) is 1. The second kappa shape index (κ2) is 5.84. The van der Waals surface area contributed by atoms with Gasteiger partial charge < -0.3 is 5.32 Å². The second-order valence-corrected chi connectivity index (χ2v) is 5.89. The number of aromatic nitrogens is 2. The molecule has 1 saturated heterocycles. The highest BCUT2D eigenvalue weighted by molar-refractivity contribution is 7.16. The maximum atomic E-state index is 4.70. The van der Waals surface area contributed by atoms with Crippen LogP contribution in [0.1, 0.15) is 32.0 Å². The van der Waals surface area contributed by atoms with Gasteiger partial charge in [0.1, 0.15) is 16.5 Å². The molecule has 19 heavy (non-hydrogen) atoms. The Bertz CT molecular complexity index is 545. The third kappa shape index (κ3) is 2.87. The Morgan fingerprint density at radius 3 is 2.89 bits per heavy atom. The number of rotatable bonds is 4. The number of anilines is 1. The molecular weight excluding hydrogens is 256 g/mol. The van der Waals surface area contributed by atoms with E-state index >= 15 is 0 Å². The van der Waals surface area contributed by atoms with E-state index in [9.17, 15) is 0 Å². The topological polar surface area (TPSA) is 41.1 Å². The highest BCUT2D eigenvalue weighted by Gasteiger charge is 2.14. The Hall–Kier alpha value is -1.20. The molecule has 0 saturated carbocycles. The number of nitrogens with one attached hydrogen (secondary N) is 1. The normalized spacial score (nSPS) is 16.9. The summed E-state index contributed by atoms with van der Waals surface area (Å²) in [6.07, 6.45) is 3.98. The monoisotopic (exact) mass is 276 g/mol. The van der Waals surface area contributed by atoms with E-state index < -0.39 is 0 Å². The van der Waals surface area contributed by atoms with Crippen LogP contribution in [0.3, 0.4) is 0 Å². The summed E-state index contributed by atoms with van der Waals surface area (Å²) in [5.41, 5.74) is 0. The molecule has 3 rings (SSSR count). The number of hydrogen-bond acceptors (Lipinski definition) is 5. The minimum Gasteiger partial charge on any atom is -0.370 e. The van der Waals surface area contributed by atoms with Crippen molar-refractivity contribution in [3.8, 4) is 0 Å². The molecule has 0 bridgehead atoms. The molecule has 1 fully saturated rings. The quantitative estimate of drug-likeness (QED) is 0.931. The summed E-state index contributed by atoms with van der Waals surface area (Å²) < 4.78 is 0. The zero-order valence-electron chi connectivity index (χ0n) is 11.4. The molecule has 0 spiro atoms. The van der Waals surface area contributed by atoms with Crippen LogP contribution in [0.15, 0.2) is 11.4 Å². The zero-order valence-corrected chi connectivity index (χ0v) is 12.2. The molecule has 1 N–H and O–H groups in total. The molecule has 0 amide bonds. The van der Waals surface area contributed by atoms with Crippen molar-refractivity contribution in [2.45, 2.75) is 32.7 Å². The summed E-state index contributed by atoms with van der Waals surface area (Å²) in [6, 6.07) is 2.10. The van der Waals surface area contributed by atoms with E-state index in [0.29, 0.717) is 0 Å². The molecular formula is C14H20N4S. The molecule has 102 valence electrons. The lowest BCUT2D eigenvalue weighted by molar-refractivity contribution is 0.216. The Balaban J connectivity index is 1.85. The van der Waals surface area contributed by atoms with Crippen LogP contribution >= 0.6 is 11.3 Å². The molecule has 5 heteroatoms. The van der Waals surface area contributed by atoms with E-state index in [1.165, 1.54) is 32.4 Å². The minimum absolute atomic E-state index is 0.881. The number of piperidine rings is 1. The first-order chi connectivity index (χ1) is 9.36. The molecule has 0 aromatic carbocycles. The largest absolute Gasteiger partial charge is 0.370 e. The van der Waals surface area contributed by atoms with Gasteiger partial charge in [0.05, 0.1) is 11.9 Å². The first kappa shape index (κ1) is 12.8. The molecule has 3 heterocycles. The highest BCUT2D eigenvalue weighted by Crippen LogP contribution is 2.25. The number of hydrogen-bond donors (Lipinski definition) is 1. The van der Waals surface area contributed by atoms with Crippen molar-refractivity contribution in [2.24, 2.45) is 0 Å². The maximum absolute atomic E-state index is 4.70. The summed E-state index contributed by atoms with van der Waals surface area (Å²) in [7, 11) is 0. The van der Waals surface area contributed by atoms with Gasteiger partial charge >= 0.3 is 0 Å². The first-order valence-electron chi connectivity index (χ1n) is 7.07. The molecule has 4 nitrogen and oxygen atoms in total. The van der Waals surface area contributed by atoms with Crippen molar-refractivity contribution in [3.05, 3.63) is 17.3 Å². The van der Waals surface area contributed by atoms with E-state index in [-0.39, 0.29) is 0 Å². The first-order valence-corrected chi connectivity index (χ1v) is 7.95. The van der Waals surface area contributed by atoms with E-state index in [1.54, 1.807) is 11.3 Å². The van der Waals surface area contributed by atoms with Gasteiger partial charge in [0.15, 0.2) is 0 Å². The van der Waals surface area contributed by atoms with Gasteiger partial charge in [-0.25, -0.2) is 9.97 Å². The Morgan fingerprint density at radius 1 is 1.26 bits per heavy atom. The van der Waals surface area contributed by atoms with Crippen LogP contribution in [0.25, 0.3) is 10.2 Å². The van der Waals surface area contributed by atoms with Crippen LogP contribution in [0.5, 0.6) is 0 Å². The van der Waals surface area contributed by atoms with Gasteiger partial charge in [0.2, 0.25) is 0 Å². The van der Waals surface area contributed by atoms with Gasteiger partial charge in [0.25, 0.3) is 0 Å². The summed E-state index contributed by atoms with van der Waals surface area (Å²) >= 11 is 1.69. The molecule has 0 atom stereocenters. The molecule has 1 aliphatic heterocycles. The average molecular weight is 276 g/mol. The van der Waals surface area contributed by atoms with Crippen LogP contribution in [0, 0.1) is 0 Å². The summed E-state index contributed by atoms with van der Waals surface area (Å²) in [4.78, 5) is 13.0. The van der Waals surface area contributed by atoms with Gasteiger partial charge in [-0.2, -0.15) is 0 Å². The molecule has 2 aromatic rings. The molecule has 0 aliphatic carbocycles. The Morgan fingerprint density at radius 2 is 2.11 bits per heavy atom. The van der Waals surface area contributed by atoms with Gasteiger partial charge in [-0.05, 0) is 44.3 Å². The van der Waals surface area contributed by atoms with Crippen molar-refractivity contribution >= 4 is 27.4 Å². The van der Waals surface area contributed by atoms with Gasteiger partial charge in [-0.3, -0.25) is 4.90 Å². The Labute approximate surface area is 117 Å². The fraction of sp³-hybridized carbons (Fsp3) is 0.571. The van der Waals surface area contributed by atoms with Crippen molar-refractivity contribution in [3.63, 3.8) is 0 Å². The average Bonchev–Trinajstić information content (AvgIpc) is 2.89. The van der Waals surface area contributed by atoms with Crippen LogP contribution in [0.2, 0.25) is 0 Å². The predicted molar refractivity (Wildman–Crippen MR) is 80.7 cm³/mol. The summed E-state index contributed by atoms with van der Waals surface area (Å²) in [5, 5.41) is 6.59. The van der Waals surface area contributed by atoms with Crippen molar-refractivity contribution in [1.82, 2.24) is 14.9 Å². The predicted octanol–water partition coefficient (Wildman–Crippen LogP) is 3.11. The maximum Gasteiger partial charge on any atom is 0.146 e. The van der Waals surface area contributed by atoms with Crippen LogP contribution in [0.4, 0.5) is 5.82 Å². The summed E-state index contributed by atoms with van der Waals surface area (Å²) in [6.45, 7) is 6.24. The van der Waals surface area contributed by atoms with E-state index in [4.69, 9.17) is 9.97 Å². The fourth-order valence-electron chi connectivity index (χ4n) is 2.59. The van der Waals surface area contributed by atoms with Crippen molar-refractivity contribution in [2.75, 3.05) is 25.0 Å². The third-order valence-electron chi connectivity index (χ3n) is 3.53. The lowest BCUT2D eigenvalue weighted by atomic mass is 10.1. The molecule has 0 radical (unpaired) electrons. The highest BCUT2D eigenvalue weighted by atomic mass is 32.1. The fourth-order valence-corrected chi connectivity index (χ4v) is 3.37.